The molecule has 2 aromatic rings. The third-order valence-corrected chi connectivity index (χ3v) is 3.46. The van der Waals surface area contributed by atoms with Gasteiger partial charge in [-0.15, -0.1) is 0 Å². The van der Waals surface area contributed by atoms with E-state index in [0.717, 1.165) is 6.54 Å². The first-order valence-electron chi connectivity index (χ1n) is 6.23. The van der Waals surface area contributed by atoms with Gasteiger partial charge in [-0.1, -0.05) is 42.5 Å². The van der Waals surface area contributed by atoms with Crippen LogP contribution in [0, 0.1) is 6.92 Å². The molecule has 0 amide bonds. The highest BCUT2D eigenvalue weighted by molar-refractivity contribution is 5.59. The van der Waals surface area contributed by atoms with Crippen molar-refractivity contribution < 1.29 is 0 Å². The lowest BCUT2D eigenvalue weighted by atomic mass is 10.0. The molecule has 0 bridgehead atoms. The average Bonchev–Trinajstić information content (AvgIpc) is 2.69. The standard InChI is InChI=1S/C16H17N/c1-13-11-17(12-14-7-3-2-4-8-14)16-10-6-5-9-15(13)16/h2-5,7-9,11H,6,10,12H2,1H3. The maximum Gasteiger partial charge on any atom is 0.0473 e. The Hall–Kier alpha value is -1.76. The summed E-state index contributed by atoms with van der Waals surface area (Å²) in [6, 6.07) is 10.7. The van der Waals surface area contributed by atoms with Crippen molar-refractivity contribution in [3.05, 3.63) is 65.0 Å². The first-order chi connectivity index (χ1) is 8.34. The van der Waals surface area contributed by atoms with Gasteiger partial charge in [-0.05, 0) is 36.5 Å². The molecule has 1 heteroatoms. The molecule has 1 aromatic carbocycles. The number of aryl methyl sites for hydroxylation is 1. The highest BCUT2D eigenvalue weighted by atomic mass is 15.0. The Kier molecular flexibility index (Phi) is 2.60. The van der Waals surface area contributed by atoms with Crippen molar-refractivity contribution in [2.75, 3.05) is 0 Å². The second-order valence-electron chi connectivity index (χ2n) is 4.73. The van der Waals surface area contributed by atoms with Crippen LogP contribution in [-0.4, -0.2) is 4.57 Å². The molecule has 1 heterocycles. The van der Waals surface area contributed by atoms with Gasteiger partial charge in [0, 0.05) is 18.4 Å². The Morgan fingerprint density at radius 2 is 2.00 bits per heavy atom. The lowest BCUT2D eigenvalue weighted by Gasteiger charge is -2.12. The van der Waals surface area contributed by atoms with Gasteiger partial charge >= 0.3 is 0 Å². The van der Waals surface area contributed by atoms with Gasteiger partial charge in [0.05, 0.1) is 0 Å². The molecule has 0 saturated heterocycles. The molecular weight excluding hydrogens is 206 g/mol. The number of nitrogens with zero attached hydrogens (tertiary/aromatic N) is 1. The van der Waals surface area contributed by atoms with Crippen LogP contribution in [0.1, 0.15) is 28.8 Å². The Bertz CT molecular complexity index is 546. The lowest BCUT2D eigenvalue weighted by molar-refractivity contribution is 0.733. The molecular formula is C16H17N. The SMILES string of the molecule is Cc1cn(Cc2ccccc2)c2c1C=CCC2. The van der Waals surface area contributed by atoms with E-state index in [1.807, 2.05) is 0 Å². The second kappa shape index (κ2) is 4.25. The van der Waals surface area contributed by atoms with Crippen LogP contribution in [0.2, 0.25) is 0 Å². The molecule has 86 valence electrons. The molecule has 1 aliphatic rings. The number of fused-ring (bicyclic) bond motifs is 1. The summed E-state index contributed by atoms with van der Waals surface area (Å²) in [5, 5.41) is 0. The van der Waals surface area contributed by atoms with Crippen LogP contribution in [0.4, 0.5) is 0 Å². The number of rotatable bonds is 2. The largest absolute Gasteiger partial charge is 0.346 e. The Morgan fingerprint density at radius 1 is 1.18 bits per heavy atom. The topological polar surface area (TPSA) is 4.93 Å². The lowest BCUT2D eigenvalue weighted by Crippen LogP contribution is -2.05. The molecule has 17 heavy (non-hydrogen) atoms. The maximum absolute atomic E-state index is 2.41. The fraction of sp³-hybridized carbons (Fsp3) is 0.250. The van der Waals surface area contributed by atoms with E-state index in [4.69, 9.17) is 0 Å². The van der Waals surface area contributed by atoms with Crippen LogP contribution >= 0.6 is 0 Å². The molecule has 1 nitrogen and oxygen atoms in total. The van der Waals surface area contributed by atoms with E-state index < -0.39 is 0 Å². The van der Waals surface area contributed by atoms with E-state index in [0.29, 0.717) is 0 Å². The maximum atomic E-state index is 2.41. The molecule has 0 spiro atoms. The van der Waals surface area contributed by atoms with Crippen LogP contribution in [0.15, 0.2) is 42.6 Å². The summed E-state index contributed by atoms with van der Waals surface area (Å²) in [5.41, 5.74) is 5.70. The Labute approximate surface area is 102 Å². The van der Waals surface area contributed by atoms with Gasteiger partial charge in [-0.3, -0.25) is 0 Å². The normalized spacial score (nSPS) is 13.7. The van der Waals surface area contributed by atoms with Gasteiger partial charge in [0.15, 0.2) is 0 Å². The molecule has 0 radical (unpaired) electrons. The first kappa shape index (κ1) is 10.4. The minimum atomic E-state index is 0.991. The fourth-order valence-corrected chi connectivity index (χ4v) is 2.61. The van der Waals surface area contributed by atoms with Crippen molar-refractivity contribution in [3.8, 4) is 0 Å². The highest BCUT2D eigenvalue weighted by Crippen LogP contribution is 2.25. The highest BCUT2D eigenvalue weighted by Gasteiger charge is 2.13. The summed E-state index contributed by atoms with van der Waals surface area (Å²) in [7, 11) is 0. The molecule has 3 rings (SSSR count). The predicted molar refractivity (Wildman–Crippen MR) is 72.1 cm³/mol. The summed E-state index contributed by atoms with van der Waals surface area (Å²) < 4.78 is 2.41. The Balaban J connectivity index is 1.97. The molecule has 0 N–H and O–H groups in total. The van der Waals surface area contributed by atoms with Crippen molar-refractivity contribution in [3.63, 3.8) is 0 Å². The van der Waals surface area contributed by atoms with Crippen molar-refractivity contribution in [1.29, 1.82) is 0 Å². The number of aromatic nitrogens is 1. The van der Waals surface area contributed by atoms with Gasteiger partial charge in [0.2, 0.25) is 0 Å². The van der Waals surface area contributed by atoms with Crippen molar-refractivity contribution in [1.82, 2.24) is 4.57 Å². The van der Waals surface area contributed by atoms with Gasteiger partial charge in [0.1, 0.15) is 0 Å². The third kappa shape index (κ3) is 1.93. The van der Waals surface area contributed by atoms with Gasteiger partial charge in [-0.2, -0.15) is 0 Å². The number of hydrogen-bond donors (Lipinski definition) is 0. The van der Waals surface area contributed by atoms with Crippen LogP contribution < -0.4 is 0 Å². The predicted octanol–water partition coefficient (Wildman–Crippen LogP) is 3.80. The first-order valence-corrected chi connectivity index (χ1v) is 6.23. The van der Waals surface area contributed by atoms with Gasteiger partial charge in [-0.25, -0.2) is 0 Å². The van der Waals surface area contributed by atoms with E-state index in [1.165, 1.54) is 35.2 Å². The summed E-state index contributed by atoms with van der Waals surface area (Å²) in [5.74, 6) is 0. The van der Waals surface area contributed by atoms with E-state index in [-0.39, 0.29) is 0 Å². The van der Waals surface area contributed by atoms with Crippen LogP contribution in [0.25, 0.3) is 6.08 Å². The number of benzene rings is 1. The number of hydrogen-bond acceptors (Lipinski definition) is 0. The van der Waals surface area contributed by atoms with Gasteiger partial charge < -0.3 is 4.57 Å². The molecule has 0 fully saturated rings. The molecule has 0 aliphatic heterocycles. The smallest absolute Gasteiger partial charge is 0.0473 e. The van der Waals surface area contributed by atoms with E-state index in [1.54, 1.807) is 0 Å². The summed E-state index contributed by atoms with van der Waals surface area (Å²) >= 11 is 0. The monoisotopic (exact) mass is 223 g/mol. The van der Waals surface area contributed by atoms with Crippen molar-refractivity contribution in [2.24, 2.45) is 0 Å². The van der Waals surface area contributed by atoms with E-state index in [2.05, 4.69) is 60.2 Å². The van der Waals surface area contributed by atoms with Crippen LogP contribution in [-0.2, 0) is 13.0 Å². The van der Waals surface area contributed by atoms with E-state index >= 15 is 0 Å². The fourth-order valence-electron chi connectivity index (χ4n) is 2.61. The number of allylic oxidation sites excluding steroid dienone is 1. The Morgan fingerprint density at radius 3 is 2.82 bits per heavy atom. The van der Waals surface area contributed by atoms with Crippen LogP contribution in [0.3, 0.4) is 0 Å². The molecule has 1 aromatic heterocycles. The molecule has 1 aliphatic carbocycles. The average molecular weight is 223 g/mol. The molecule has 0 unspecified atom stereocenters. The van der Waals surface area contributed by atoms with Gasteiger partial charge in [0.25, 0.3) is 0 Å². The zero-order valence-corrected chi connectivity index (χ0v) is 10.2. The van der Waals surface area contributed by atoms with Crippen molar-refractivity contribution in [2.45, 2.75) is 26.3 Å². The molecule has 0 atom stereocenters. The zero-order chi connectivity index (χ0) is 11.7. The quantitative estimate of drug-likeness (QED) is 0.729. The van der Waals surface area contributed by atoms with E-state index in [9.17, 15) is 0 Å². The minimum Gasteiger partial charge on any atom is -0.346 e. The summed E-state index contributed by atoms with van der Waals surface area (Å²) in [6.07, 6.45) is 9.18. The molecule has 0 saturated carbocycles. The second-order valence-corrected chi connectivity index (χ2v) is 4.73. The third-order valence-electron chi connectivity index (χ3n) is 3.46. The minimum absolute atomic E-state index is 0.991. The van der Waals surface area contributed by atoms with Crippen molar-refractivity contribution >= 4 is 6.08 Å². The summed E-state index contributed by atoms with van der Waals surface area (Å²) in [4.78, 5) is 0. The zero-order valence-electron chi connectivity index (χ0n) is 10.2. The summed E-state index contributed by atoms with van der Waals surface area (Å²) in [6.45, 7) is 3.20. The van der Waals surface area contributed by atoms with Crippen LogP contribution in [0.5, 0.6) is 0 Å².